The molecule has 2 heterocycles. The Hall–Kier alpha value is -2.54. The predicted molar refractivity (Wildman–Crippen MR) is 107 cm³/mol. The smallest absolute Gasteiger partial charge is 0.305 e. The Labute approximate surface area is 164 Å². The third kappa shape index (κ3) is 3.99. The second-order valence-corrected chi connectivity index (χ2v) is 8.02. The molecule has 0 spiro atoms. The van der Waals surface area contributed by atoms with Crippen molar-refractivity contribution in [2.24, 2.45) is 4.99 Å². The quantitative estimate of drug-likeness (QED) is 0.260. The number of amides is 1. The van der Waals surface area contributed by atoms with Crippen LogP contribution in [0, 0.1) is 22.5 Å². The standard InChI is InChI=1S/C17H10BrN3O3S2/c1-2-9-20-13-6-3-11(18)10-14(13)26-17(20)19-15(22)7-4-12-5-8-16(25-12)21(23)24/h1,3-8,10H,9H2/b7-4-,19-17?. The summed E-state index contributed by atoms with van der Waals surface area (Å²) in [6.07, 6.45) is 8.23. The van der Waals surface area contributed by atoms with Gasteiger partial charge in [-0.2, -0.15) is 4.99 Å². The van der Waals surface area contributed by atoms with Crippen molar-refractivity contribution in [1.82, 2.24) is 4.57 Å². The van der Waals surface area contributed by atoms with Gasteiger partial charge in [-0.15, -0.1) is 6.42 Å². The van der Waals surface area contributed by atoms with Crippen LogP contribution in [0.1, 0.15) is 4.88 Å². The van der Waals surface area contributed by atoms with Gasteiger partial charge in [0.1, 0.15) is 0 Å². The number of thiophene rings is 1. The second kappa shape index (κ2) is 7.78. The molecular weight excluding hydrogens is 438 g/mol. The molecule has 0 radical (unpaired) electrons. The van der Waals surface area contributed by atoms with Crippen LogP contribution in [0.15, 0.2) is 45.9 Å². The van der Waals surface area contributed by atoms with Crippen LogP contribution in [-0.2, 0) is 11.3 Å². The first kappa shape index (κ1) is 18.3. The summed E-state index contributed by atoms with van der Waals surface area (Å²) < 4.78 is 3.68. The second-order valence-electron chi connectivity index (χ2n) is 5.00. The van der Waals surface area contributed by atoms with Crippen LogP contribution < -0.4 is 4.80 Å². The molecule has 130 valence electrons. The molecule has 0 aliphatic heterocycles. The highest BCUT2D eigenvalue weighted by atomic mass is 79.9. The van der Waals surface area contributed by atoms with Gasteiger partial charge in [-0.1, -0.05) is 44.5 Å². The van der Waals surface area contributed by atoms with Crippen molar-refractivity contribution in [2.75, 3.05) is 0 Å². The Balaban J connectivity index is 1.94. The maximum atomic E-state index is 12.2. The van der Waals surface area contributed by atoms with Crippen molar-refractivity contribution in [3.05, 3.63) is 60.7 Å². The maximum absolute atomic E-state index is 12.2. The normalized spacial score (nSPS) is 11.9. The Morgan fingerprint density at radius 3 is 2.88 bits per heavy atom. The molecule has 3 aromatic rings. The summed E-state index contributed by atoms with van der Waals surface area (Å²) in [5.41, 5.74) is 0.903. The van der Waals surface area contributed by atoms with Crippen LogP contribution in [0.2, 0.25) is 0 Å². The number of carbonyl (C=O) groups is 1. The lowest BCUT2D eigenvalue weighted by molar-refractivity contribution is -0.380. The summed E-state index contributed by atoms with van der Waals surface area (Å²) in [6, 6.07) is 8.74. The summed E-state index contributed by atoms with van der Waals surface area (Å²) in [4.78, 5) is 27.6. The number of terminal acetylenes is 1. The number of thiazole rings is 1. The molecule has 1 aromatic carbocycles. The third-order valence-electron chi connectivity index (χ3n) is 3.28. The minimum Gasteiger partial charge on any atom is -0.305 e. The minimum atomic E-state index is -0.466. The van der Waals surface area contributed by atoms with Crippen molar-refractivity contribution < 1.29 is 9.72 Å². The number of halogens is 1. The van der Waals surface area contributed by atoms with Gasteiger partial charge >= 0.3 is 5.00 Å². The number of hydrogen-bond acceptors (Lipinski definition) is 5. The Kier molecular flexibility index (Phi) is 5.46. The van der Waals surface area contributed by atoms with Gasteiger partial charge in [0, 0.05) is 21.5 Å². The zero-order valence-electron chi connectivity index (χ0n) is 13.1. The molecule has 0 N–H and O–H groups in total. The van der Waals surface area contributed by atoms with E-state index in [0.717, 1.165) is 26.0 Å². The topological polar surface area (TPSA) is 77.5 Å². The summed E-state index contributed by atoms with van der Waals surface area (Å²) in [5, 5.41) is 10.7. The van der Waals surface area contributed by atoms with E-state index in [1.165, 1.54) is 29.6 Å². The molecule has 3 rings (SSSR count). The number of nitrogens with zero attached hydrogens (tertiary/aromatic N) is 3. The molecule has 0 bridgehead atoms. The number of benzene rings is 1. The van der Waals surface area contributed by atoms with E-state index in [9.17, 15) is 14.9 Å². The molecule has 1 amide bonds. The molecule has 0 unspecified atom stereocenters. The molecule has 6 nitrogen and oxygen atoms in total. The van der Waals surface area contributed by atoms with Gasteiger partial charge in [0.2, 0.25) is 0 Å². The fourth-order valence-electron chi connectivity index (χ4n) is 2.19. The Morgan fingerprint density at radius 2 is 2.19 bits per heavy atom. The SMILES string of the molecule is C#CCn1c(=NC(=O)/C=C\c2ccc([N+](=O)[O-])s2)sc2cc(Br)ccc21. The van der Waals surface area contributed by atoms with Crippen LogP contribution in [0.4, 0.5) is 5.00 Å². The van der Waals surface area contributed by atoms with Crippen molar-refractivity contribution in [3.8, 4) is 12.3 Å². The summed E-state index contributed by atoms with van der Waals surface area (Å²) in [7, 11) is 0. The zero-order chi connectivity index (χ0) is 18.7. The van der Waals surface area contributed by atoms with Crippen molar-refractivity contribution in [1.29, 1.82) is 0 Å². The van der Waals surface area contributed by atoms with Gasteiger partial charge in [0.15, 0.2) is 4.80 Å². The van der Waals surface area contributed by atoms with E-state index in [2.05, 4.69) is 26.8 Å². The van der Waals surface area contributed by atoms with Crippen LogP contribution in [-0.4, -0.2) is 15.4 Å². The Bertz CT molecular complexity index is 1150. The van der Waals surface area contributed by atoms with Crippen LogP contribution in [0.5, 0.6) is 0 Å². The van der Waals surface area contributed by atoms with Gasteiger partial charge < -0.3 is 4.57 Å². The first-order valence-corrected chi connectivity index (χ1v) is 9.64. The lowest BCUT2D eigenvalue weighted by Gasteiger charge is -1.99. The van der Waals surface area contributed by atoms with E-state index in [-0.39, 0.29) is 5.00 Å². The predicted octanol–water partition coefficient (Wildman–Crippen LogP) is 4.21. The van der Waals surface area contributed by atoms with Crippen LogP contribution in [0.25, 0.3) is 16.3 Å². The largest absolute Gasteiger partial charge is 0.324 e. The van der Waals surface area contributed by atoms with E-state index in [1.807, 2.05) is 18.2 Å². The third-order valence-corrected chi connectivity index (χ3v) is 5.82. The average Bonchev–Trinajstić information content (AvgIpc) is 3.19. The maximum Gasteiger partial charge on any atom is 0.324 e. The van der Waals surface area contributed by atoms with E-state index in [1.54, 1.807) is 10.6 Å². The molecule has 0 atom stereocenters. The molecule has 0 saturated carbocycles. The summed E-state index contributed by atoms with van der Waals surface area (Å²) in [5.74, 6) is 2.11. The molecule has 9 heteroatoms. The van der Waals surface area contributed by atoms with Gasteiger partial charge in [0.05, 0.1) is 21.7 Å². The lowest BCUT2D eigenvalue weighted by atomic mass is 10.3. The minimum absolute atomic E-state index is 0.0241. The van der Waals surface area contributed by atoms with Gasteiger partial charge in [-0.25, -0.2) is 0 Å². The lowest BCUT2D eigenvalue weighted by Crippen LogP contribution is -2.15. The molecule has 0 saturated heterocycles. The van der Waals surface area contributed by atoms with Crippen LogP contribution in [0.3, 0.4) is 0 Å². The first-order valence-electron chi connectivity index (χ1n) is 7.21. The highest BCUT2D eigenvalue weighted by Crippen LogP contribution is 2.25. The molecular formula is C17H10BrN3O3S2. The molecule has 2 aromatic heterocycles. The number of aromatic nitrogens is 1. The van der Waals surface area contributed by atoms with E-state index < -0.39 is 10.8 Å². The number of fused-ring (bicyclic) bond motifs is 1. The van der Waals surface area contributed by atoms with Crippen molar-refractivity contribution >= 4 is 65.8 Å². The van der Waals surface area contributed by atoms with Crippen LogP contribution >= 0.6 is 38.6 Å². The number of carbonyl (C=O) groups excluding carboxylic acids is 1. The fraction of sp³-hybridized carbons (Fsp3) is 0.0588. The van der Waals surface area contributed by atoms with E-state index >= 15 is 0 Å². The molecule has 0 aliphatic rings. The fourth-order valence-corrected chi connectivity index (χ4v) is 4.50. The van der Waals surface area contributed by atoms with E-state index in [0.29, 0.717) is 16.2 Å². The summed E-state index contributed by atoms with van der Waals surface area (Å²) in [6.45, 7) is 0.300. The van der Waals surface area contributed by atoms with Gasteiger partial charge in [-0.3, -0.25) is 14.9 Å². The van der Waals surface area contributed by atoms with Gasteiger partial charge in [-0.05, 0) is 30.3 Å². The highest BCUT2D eigenvalue weighted by Gasteiger charge is 2.09. The van der Waals surface area contributed by atoms with E-state index in [4.69, 9.17) is 6.42 Å². The van der Waals surface area contributed by atoms with Gasteiger partial charge in [0.25, 0.3) is 5.91 Å². The van der Waals surface area contributed by atoms with Crippen molar-refractivity contribution in [2.45, 2.75) is 6.54 Å². The number of nitro groups is 1. The molecule has 26 heavy (non-hydrogen) atoms. The molecule has 0 aliphatic carbocycles. The number of hydrogen-bond donors (Lipinski definition) is 0. The average molecular weight is 448 g/mol. The zero-order valence-corrected chi connectivity index (χ0v) is 16.3. The monoisotopic (exact) mass is 447 g/mol. The highest BCUT2D eigenvalue weighted by molar-refractivity contribution is 9.10. The Morgan fingerprint density at radius 1 is 1.38 bits per heavy atom. The molecule has 0 fully saturated rings. The van der Waals surface area contributed by atoms with Crippen molar-refractivity contribution in [3.63, 3.8) is 0 Å². The first-order chi connectivity index (χ1) is 12.5. The number of rotatable bonds is 4. The summed E-state index contributed by atoms with van der Waals surface area (Å²) >= 11 is 5.78.